The van der Waals surface area contributed by atoms with Gasteiger partial charge in [0.05, 0.1) is 12.1 Å². The van der Waals surface area contributed by atoms with E-state index in [-0.39, 0.29) is 38.1 Å². The standard InChI is InChI=1S/C29H32N2O4/c1-20-10-5-7-14-24(20)27(32)30-16-17-31(28(33)25-15-8-6-11-21(25)2)18-19-35-29(34)26-22(3)12-9-13-23(26)4/h5-15H,16-19H2,1-4H3,(H,30,32). The lowest BCUT2D eigenvalue weighted by atomic mass is 10.0. The summed E-state index contributed by atoms with van der Waals surface area (Å²) >= 11 is 0. The number of aryl methyl sites for hydroxylation is 4. The number of nitrogens with one attached hydrogen (secondary N) is 1. The zero-order chi connectivity index (χ0) is 25.4. The summed E-state index contributed by atoms with van der Waals surface area (Å²) in [4.78, 5) is 40.2. The predicted molar refractivity (Wildman–Crippen MR) is 137 cm³/mol. The minimum absolute atomic E-state index is 0.0516. The molecule has 2 amide bonds. The molecule has 35 heavy (non-hydrogen) atoms. The van der Waals surface area contributed by atoms with Gasteiger partial charge in [-0.1, -0.05) is 54.6 Å². The van der Waals surface area contributed by atoms with E-state index in [0.717, 1.165) is 22.3 Å². The summed E-state index contributed by atoms with van der Waals surface area (Å²) < 4.78 is 5.53. The van der Waals surface area contributed by atoms with Crippen LogP contribution in [-0.2, 0) is 4.74 Å². The second-order valence-electron chi connectivity index (χ2n) is 8.58. The third-order valence-corrected chi connectivity index (χ3v) is 6.00. The monoisotopic (exact) mass is 472 g/mol. The highest BCUT2D eigenvalue weighted by molar-refractivity contribution is 5.97. The molecule has 0 saturated carbocycles. The van der Waals surface area contributed by atoms with Gasteiger partial charge in [-0.25, -0.2) is 4.79 Å². The number of carbonyl (C=O) groups excluding carboxylic acids is 3. The molecule has 0 radical (unpaired) electrons. The zero-order valence-electron chi connectivity index (χ0n) is 20.8. The van der Waals surface area contributed by atoms with Crippen molar-refractivity contribution in [3.05, 3.63) is 106 Å². The number of carbonyl (C=O) groups is 3. The molecule has 1 N–H and O–H groups in total. The second-order valence-corrected chi connectivity index (χ2v) is 8.58. The summed E-state index contributed by atoms with van der Waals surface area (Å²) in [5.74, 6) is -0.763. The molecule has 0 spiro atoms. The molecule has 182 valence electrons. The van der Waals surface area contributed by atoms with Gasteiger partial charge >= 0.3 is 5.97 Å². The topological polar surface area (TPSA) is 75.7 Å². The van der Waals surface area contributed by atoms with E-state index in [1.54, 1.807) is 17.0 Å². The van der Waals surface area contributed by atoms with Gasteiger partial charge in [-0.15, -0.1) is 0 Å². The van der Waals surface area contributed by atoms with E-state index in [1.165, 1.54) is 0 Å². The van der Waals surface area contributed by atoms with Crippen LogP contribution in [0.4, 0.5) is 0 Å². The fourth-order valence-corrected chi connectivity index (χ4v) is 3.98. The van der Waals surface area contributed by atoms with Crippen LogP contribution in [0.1, 0.15) is 53.3 Å². The molecule has 0 fully saturated rings. The fraction of sp³-hybridized carbons (Fsp3) is 0.276. The first-order valence-corrected chi connectivity index (χ1v) is 11.7. The molecule has 6 heteroatoms. The largest absolute Gasteiger partial charge is 0.460 e. The van der Waals surface area contributed by atoms with Gasteiger partial charge in [-0.05, 0) is 62.1 Å². The van der Waals surface area contributed by atoms with Crippen LogP contribution in [0.15, 0.2) is 66.7 Å². The fourth-order valence-electron chi connectivity index (χ4n) is 3.98. The average molecular weight is 473 g/mol. The molecule has 3 aromatic rings. The summed E-state index contributed by atoms with van der Waals surface area (Å²) in [6.07, 6.45) is 0. The SMILES string of the molecule is Cc1ccccc1C(=O)NCCN(CCOC(=O)c1c(C)cccc1C)C(=O)c1ccccc1C. The number of amides is 2. The lowest BCUT2D eigenvalue weighted by Gasteiger charge is -2.24. The molecule has 3 aromatic carbocycles. The molecule has 0 bridgehead atoms. The maximum atomic E-state index is 13.3. The summed E-state index contributed by atoms with van der Waals surface area (Å²) in [6.45, 7) is 8.32. The minimum atomic E-state index is -0.406. The number of benzene rings is 3. The van der Waals surface area contributed by atoms with Crippen LogP contribution in [0.3, 0.4) is 0 Å². The molecule has 0 aliphatic heterocycles. The number of hydrogen-bond acceptors (Lipinski definition) is 4. The van der Waals surface area contributed by atoms with E-state index in [0.29, 0.717) is 16.7 Å². The van der Waals surface area contributed by atoms with Crippen LogP contribution in [0, 0.1) is 27.7 Å². The van der Waals surface area contributed by atoms with E-state index >= 15 is 0 Å². The summed E-state index contributed by atoms with van der Waals surface area (Å²) in [7, 11) is 0. The van der Waals surface area contributed by atoms with Crippen molar-refractivity contribution in [2.75, 3.05) is 26.2 Å². The van der Waals surface area contributed by atoms with Gasteiger partial charge in [0.25, 0.3) is 11.8 Å². The van der Waals surface area contributed by atoms with Crippen LogP contribution in [0.5, 0.6) is 0 Å². The Kier molecular flexibility index (Phi) is 8.79. The Balaban J connectivity index is 1.66. The van der Waals surface area contributed by atoms with E-state index in [9.17, 15) is 14.4 Å². The third-order valence-electron chi connectivity index (χ3n) is 6.00. The molecule has 0 heterocycles. The maximum absolute atomic E-state index is 13.3. The normalized spacial score (nSPS) is 10.5. The molecule has 0 aliphatic carbocycles. The third kappa shape index (κ3) is 6.57. The van der Waals surface area contributed by atoms with Crippen molar-refractivity contribution in [3.63, 3.8) is 0 Å². The van der Waals surface area contributed by atoms with E-state index in [1.807, 2.05) is 82.3 Å². The van der Waals surface area contributed by atoms with Crippen molar-refractivity contribution in [2.45, 2.75) is 27.7 Å². The van der Waals surface area contributed by atoms with Crippen LogP contribution < -0.4 is 5.32 Å². The molecule has 0 unspecified atom stereocenters. The van der Waals surface area contributed by atoms with Crippen molar-refractivity contribution < 1.29 is 19.1 Å². The smallest absolute Gasteiger partial charge is 0.338 e. The first-order valence-electron chi connectivity index (χ1n) is 11.7. The van der Waals surface area contributed by atoms with Gasteiger partial charge in [0.1, 0.15) is 6.61 Å². The first kappa shape index (κ1) is 25.7. The molecule has 0 aromatic heterocycles. The van der Waals surface area contributed by atoms with Crippen molar-refractivity contribution >= 4 is 17.8 Å². The maximum Gasteiger partial charge on any atom is 0.338 e. The minimum Gasteiger partial charge on any atom is -0.460 e. The summed E-state index contributed by atoms with van der Waals surface area (Å²) in [5.41, 5.74) is 5.18. The van der Waals surface area contributed by atoms with E-state index < -0.39 is 5.97 Å². The second kappa shape index (κ2) is 12.0. The van der Waals surface area contributed by atoms with E-state index in [4.69, 9.17) is 4.74 Å². The van der Waals surface area contributed by atoms with Crippen molar-refractivity contribution in [3.8, 4) is 0 Å². The van der Waals surface area contributed by atoms with E-state index in [2.05, 4.69) is 5.32 Å². The quantitative estimate of drug-likeness (QED) is 0.460. The Hall–Kier alpha value is -3.93. The first-order chi connectivity index (χ1) is 16.8. The van der Waals surface area contributed by atoms with Gasteiger partial charge < -0.3 is 15.0 Å². The predicted octanol–water partition coefficient (Wildman–Crippen LogP) is 4.65. The van der Waals surface area contributed by atoms with Gasteiger partial charge in [-0.2, -0.15) is 0 Å². The van der Waals surface area contributed by atoms with Crippen LogP contribution >= 0.6 is 0 Å². The molecule has 0 saturated heterocycles. The average Bonchev–Trinajstić information content (AvgIpc) is 2.83. The number of nitrogens with zero attached hydrogens (tertiary/aromatic N) is 1. The lowest BCUT2D eigenvalue weighted by Crippen LogP contribution is -2.41. The summed E-state index contributed by atoms with van der Waals surface area (Å²) in [6, 6.07) is 20.4. The van der Waals surface area contributed by atoms with Gasteiger partial charge in [-0.3, -0.25) is 9.59 Å². The van der Waals surface area contributed by atoms with Crippen LogP contribution in [0.2, 0.25) is 0 Å². The highest BCUT2D eigenvalue weighted by atomic mass is 16.5. The molecular formula is C29H32N2O4. The lowest BCUT2D eigenvalue weighted by molar-refractivity contribution is 0.0434. The highest BCUT2D eigenvalue weighted by Crippen LogP contribution is 2.15. The zero-order valence-corrected chi connectivity index (χ0v) is 20.8. The molecule has 3 rings (SSSR count). The Morgan fingerprint density at radius 2 is 1.26 bits per heavy atom. The Labute approximate surface area is 206 Å². The number of hydrogen-bond donors (Lipinski definition) is 1. The Morgan fingerprint density at radius 1 is 0.714 bits per heavy atom. The summed E-state index contributed by atoms with van der Waals surface area (Å²) in [5, 5.41) is 2.89. The van der Waals surface area contributed by atoms with Crippen LogP contribution in [-0.4, -0.2) is 48.9 Å². The highest BCUT2D eigenvalue weighted by Gasteiger charge is 2.19. The molecule has 0 aliphatic rings. The van der Waals surface area contributed by atoms with Crippen LogP contribution in [0.25, 0.3) is 0 Å². The Morgan fingerprint density at radius 3 is 1.86 bits per heavy atom. The molecular weight excluding hydrogens is 440 g/mol. The number of esters is 1. The molecule has 6 nitrogen and oxygen atoms in total. The molecule has 0 atom stereocenters. The van der Waals surface area contributed by atoms with Crippen molar-refractivity contribution in [2.24, 2.45) is 0 Å². The number of ether oxygens (including phenoxy) is 1. The van der Waals surface area contributed by atoms with Gasteiger partial charge in [0.2, 0.25) is 0 Å². The van der Waals surface area contributed by atoms with Gasteiger partial charge in [0.15, 0.2) is 0 Å². The Bertz CT molecular complexity index is 1200. The van der Waals surface area contributed by atoms with Crippen molar-refractivity contribution in [1.82, 2.24) is 10.2 Å². The number of rotatable bonds is 9. The van der Waals surface area contributed by atoms with Gasteiger partial charge in [0, 0.05) is 24.2 Å². The van der Waals surface area contributed by atoms with Crippen molar-refractivity contribution in [1.29, 1.82) is 0 Å².